The molecule has 13 heteroatoms. The van der Waals surface area contributed by atoms with Gasteiger partial charge in [0.25, 0.3) is 5.91 Å². The number of hydrogen-bond acceptors (Lipinski definition) is 7. The Bertz CT molecular complexity index is 1570. The van der Waals surface area contributed by atoms with E-state index in [1.165, 1.54) is 29.1 Å². The number of aromatic nitrogens is 3. The molecule has 1 fully saturated rings. The standard InChI is InChI=1S/C29H26F3N5O5/c30-19-6-4-5-17(11-19)24-14-37(35-34-24)25-13-21(16-38)42-29(27(25)40)36(15-26(39)33-20-7-2-1-3-8-20)28(41)18-9-10-22(31)23(32)12-18/h1-12,14,21,25,27,29,38,40H,13,15-16H2,(H,33,39)/t21-,25-,27+,29+/m0/s1. The van der Waals surface area contributed by atoms with Crippen LogP contribution in [0.4, 0.5) is 18.9 Å². The minimum absolute atomic E-state index is 0.0452. The van der Waals surface area contributed by atoms with E-state index < -0.39 is 66.9 Å². The lowest BCUT2D eigenvalue weighted by Crippen LogP contribution is -2.58. The Labute approximate surface area is 238 Å². The number of benzene rings is 3. The summed E-state index contributed by atoms with van der Waals surface area (Å²) in [5.74, 6) is -4.52. The van der Waals surface area contributed by atoms with Gasteiger partial charge in [0.05, 0.1) is 24.9 Å². The number of nitrogens with one attached hydrogen (secondary N) is 1. The fraction of sp³-hybridized carbons (Fsp3) is 0.241. The van der Waals surface area contributed by atoms with Crippen molar-refractivity contribution in [2.45, 2.75) is 30.9 Å². The number of aliphatic hydroxyl groups is 2. The number of rotatable bonds is 8. The number of amides is 2. The van der Waals surface area contributed by atoms with Crippen molar-refractivity contribution >= 4 is 17.5 Å². The van der Waals surface area contributed by atoms with Gasteiger partial charge in [-0.2, -0.15) is 0 Å². The van der Waals surface area contributed by atoms with Crippen molar-refractivity contribution in [2.24, 2.45) is 0 Å². The van der Waals surface area contributed by atoms with Crippen molar-refractivity contribution in [1.82, 2.24) is 19.9 Å². The molecule has 1 saturated heterocycles. The highest BCUT2D eigenvalue weighted by molar-refractivity contribution is 5.99. The Morgan fingerprint density at radius 2 is 1.81 bits per heavy atom. The number of aliphatic hydroxyl groups excluding tert-OH is 2. The number of halogens is 3. The molecule has 1 aliphatic heterocycles. The number of hydrogen-bond donors (Lipinski definition) is 3. The molecule has 10 nitrogen and oxygen atoms in total. The van der Waals surface area contributed by atoms with Gasteiger partial charge in [0, 0.05) is 23.2 Å². The van der Waals surface area contributed by atoms with Gasteiger partial charge in [-0.1, -0.05) is 35.5 Å². The Morgan fingerprint density at radius 3 is 2.52 bits per heavy atom. The molecule has 0 radical (unpaired) electrons. The molecular formula is C29H26F3N5O5. The summed E-state index contributed by atoms with van der Waals surface area (Å²) in [6.45, 7) is -1.15. The SMILES string of the molecule is O=C(CN(C(=O)c1ccc(F)c(F)c1)[C@@H]1O[C@H](CO)C[C@H](n2cc(-c3cccc(F)c3)nn2)[C@H]1O)Nc1ccccc1. The lowest BCUT2D eigenvalue weighted by Gasteiger charge is -2.43. The molecule has 0 aliphatic carbocycles. The van der Waals surface area contributed by atoms with Gasteiger partial charge in [-0.15, -0.1) is 5.10 Å². The summed E-state index contributed by atoms with van der Waals surface area (Å²) >= 11 is 0. The van der Waals surface area contributed by atoms with Crippen LogP contribution >= 0.6 is 0 Å². The molecule has 4 aromatic rings. The summed E-state index contributed by atoms with van der Waals surface area (Å²) < 4.78 is 48.6. The first-order chi connectivity index (χ1) is 20.2. The van der Waals surface area contributed by atoms with E-state index in [1.54, 1.807) is 36.4 Å². The molecule has 1 aliphatic rings. The minimum Gasteiger partial charge on any atom is -0.394 e. The molecule has 4 atom stereocenters. The second-order valence-electron chi connectivity index (χ2n) is 9.70. The number of nitrogens with zero attached hydrogens (tertiary/aromatic N) is 4. The van der Waals surface area contributed by atoms with Crippen LogP contribution in [0.25, 0.3) is 11.3 Å². The van der Waals surface area contributed by atoms with E-state index in [4.69, 9.17) is 4.74 Å². The van der Waals surface area contributed by atoms with Crippen molar-refractivity contribution in [2.75, 3.05) is 18.5 Å². The number of carbonyl (C=O) groups excluding carboxylic acids is 2. The molecule has 3 N–H and O–H groups in total. The predicted molar refractivity (Wildman–Crippen MR) is 143 cm³/mol. The molecule has 0 saturated carbocycles. The Hall–Kier alpha value is -4.59. The molecule has 0 spiro atoms. The summed E-state index contributed by atoms with van der Waals surface area (Å²) in [6.07, 6.45) is -2.44. The average molecular weight is 582 g/mol. The van der Waals surface area contributed by atoms with E-state index >= 15 is 0 Å². The van der Waals surface area contributed by atoms with Crippen LogP contribution in [0.3, 0.4) is 0 Å². The first kappa shape index (κ1) is 28.9. The molecule has 0 unspecified atom stereocenters. The average Bonchev–Trinajstić information content (AvgIpc) is 3.48. The third kappa shape index (κ3) is 6.33. The predicted octanol–water partition coefficient (Wildman–Crippen LogP) is 3.15. The van der Waals surface area contributed by atoms with Crippen LogP contribution in [0.15, 0.2) is 79.0 Å². The van der Waals surface area contributed by atoms with E-state index in [-0.39, 0.29) is 12.0 Å². The molecule has 42 heavy (non-hydrogen) atoms. The third-order valence-corrected chi connectivity index (χ3v) is 6.80. The van der Waals surface area contributed by atoms with Crippen molar-refractivity contribution in [1.29, 1.82) is 0 Å². The van der Waals surface area contributed by atoms with Crippen molar-refractivity contribution in [3.8, 4) is 11.3 Å². The van der Waals surface area contributed by atoms with Crippen molar-refractivity contribution in [3.05, 3.63) is 102 Å². The lowest BCUT2D eigenvalue weighted by atomic mass is 9.97. The fourth-order valence-electron chi connectivity index (χ4n) is 4.74. The highest BCUT2D eigenvalue weighted by Crippen LogP contribution is 2.33. The van der Waals surface area contributed by atoms with Gasteiger partial charge in [0.2, 0.25) is 5.91 Å². The summed E-state index contributed by atoms with van der Waals surface area (Å²) in [7, 11) is 0. The molecule has 0 bridgehead atoms. The van der Waals surface area contributed by atoms with E-state index in [9.17, 15) is 33.0 Å². The number of ether oxygens (including phenoxy) is 1. The third-order valence-electron chi connectivity index (χ3n) is 6.80. The van der Waals surface area contributed by atoms with Crippen molar-refractivity contribution in [3.63, 3.8) is 0 Å². The van der Waals surface area contributed by atoms with E-state index in [1.807, 2.05) is 0 Å². The second kappa shape index (κ2) is 12.5. The van der Waals surface area contributed by atoms with Gasteiger partial charge >= 0.3 is 0 Å². The first-order valence-corrected chi connectivity index (χ1v) is 13.0. The topological polar surface area (TPSA) is 130 Å². The van der Waals surface area contributed by atoms with Crippen LogP contribution in [0.2, 0.25) is 0 Å². The molecule has 218 valence electrons. The van der Waals surface area contributed by atoms with Gasteiger partial charge in [-0.25, -0.2) is 17.9 Å². The molecular weight excluding hydrogens is 555 g/mol. The van der Waals surface area contributed by atoms with Gasteiger partial charge in [0.15, 0.2) is 17.9 Å². The zero-order chi connectivity index (χ0) is 29.8. The monoisotopic (exact) mass is 581 g/mol. The van der Waals surface area contributed by atoms with Crippen LogP contribution in [-0.4, -0.2) is 73.5 Å². The Kier molecular flexibility index (Phi) is 8.61. The molecule has 5 rings (SSSR count). The quantitative estimate of drug-likeness (QED) is 0.292. The lowest BCUT2D eigenvalue weighted by molar-refractivity contribution is -0.197. The molecule has 1 aromatic heterocycles. The molecule has 2 amide bonds. The maximum absolute atomic E-state index is 14.1. The largest absolute Gasteiger partial charge is 0.394 e. The van der Waals surface area contributed by atoms with Gasteiger partial charge < -0.3 is 25.2 Å². The molecule has 3 aromatic carbocycles. The van der Waals surface area contributed by atoms with E-state index in [0.717, 1.165) is 17.0 Å². The maximum atomic E-state index is 14.1. The van der Waals surface area contributed by atoms with E-state index in [2.05, 4.69) is 15.6 Å². The zero-order valence-electron chi connectivity index (χ0n) is 22.0. The fourth-order valence-corrected chi connectivity index (χ4v) is 4.74. The van der Waals surface area contributed by atoms with Crippen LogP contribution < -0.4 is 5.32 Å². The smallest absolute Gasteiger partial charge is 0.256 e. The van der Waals surface area contributed by atoms with Crippen LogP contribution in [0.1, 0.15) is 22.8 Å². The minimum atomic E-state index is -1.52. The maximum Gasteiger partial charge on any atom is 0.256 e. The van der Waals surface area contributed by atoms with Crippen molar-refractivity contribution < 1.29 is 37.7 Å². The number of anilines is 1. The summed E-state index contributed by atoms with van der Waals surface area (Å²) in [5, 5.41) is 32.2. The van der Waals surface area contributed by atoms with Crippen LogP contribution in [0, 0.1) is 17.5 Å². The Morgan fingerprint density at radius 1 is 1.02 bits per heavy atom. The first-order valence-electron chi connectivity index (χ1n) is 13.0. The van der Waals surface area contributed by atoms with Crippen LogP contribution in [-0.2, 0) is 9.53 Å². The zero-order valence-corrected chi connectivity index (χ0v) is 22.0. The molecule has 2 heterocycles. The van der Waals surface area contributed by atoms with Gasteiger partial charge in [-0.05, 0) is 42.5 Å². The van der Waals surface area contributed by atoms with Gasteiger partial charge in [0.1, 0.15) is 24.2 Å². The summed E-state index contributed by atoms with van der Waals surface area (Å²) in [5.41, 5.74) is 0.883. The van der Waals surface area contributed by atoms with Gasteiger partial charge in [-0.3, -0.25) is 9.59 Å². The highest BCUT2D eigenvalue weighted by atomic mass is 19.2. The number of carbonyl (C=O) groups is 2. The highest BCUT2D eigenvalue weighted by Gasteiger charge is 2.44. The normalized spacial score (nSPS) is 20.2. The Balaban J connectivity index is 1.47. The van der Waals surface area contributed by atoms with E-state index in [0.29, 0.717) is 23.0 Å². The summed E-state index contributed by atoms with van der Waals surface area (Å²) in [4.78, 5) is 27.6. The van der Waals surface area contributed by atoms with Crippen LogP contribution in [0.5, 0.6) is 0 Å². The second-order valence-corrected chi connectivity index (χ2v) is 9.70. The number of para-hydroxylation sites is 1. The summed E-state index contributed by atoms with van der Waals surface area (Å²) in [6, 6.07) is 15.7.